The van der Waals surface area contributed by atoms with Gasteiger partial charge in [-0.1, -0.05) is 12.1 Å². The Hall–Kier alpha value is -0.750. The molecule has 0 saturated carbocycles. The molecule has 0 unspecified atom stereocenters. The van der Waals surface area contributed by atoms with Crippen molar-refractivity contribution in [3.8, 4) is 0 Å². The van der Waals surface area contributed by atoms with Crippen LogP contribution in [0.15, 0.2) is 29.2 Å². The van der Waals surface area contributed by atoms with E-state index in [0.29, 0.717) is 5.56 Å². The van der Waals surface area contributed by atoms with E-state index < -0.39 is 18.1 Å². The Bertz CT molecular complexity index is 344. The summed E-state index contributed by atoms with van der Waals surface area (Å²) in [5, 5.41) is 18.2. The number of rotatable bonds is 4. The molecular formula is C10H14ClNO3S. The third-order valence-corrected chi connectivity index (χ3v) is 2.83. The number of hydrogen-bond acceptors (Lipinski definition) is 4. The largest absolute Gasteiger partial charge is 0.480 e. The van der Waals surface area contributed by atoms with Crippen LogP contribution in [-0.4, -0.2) is 28.5 Å². The van der Waals surface area contributed by atoms with Gasteiger partial charge in [0.05, 0.1) is 0 Å². The molecule has 90 valence electrons. The highest BCUT2D eigenvalue weighted by atomic mass is 35.5. The van der Waals surface area contributed by atoms with E-state index in [9.17, 15) is 9.90 Å². The fourth-order valence-corrected chi connectivity index (χ4v) is 1.55. The smallest absolute Gasteiger partial charge is 0.323 e. The van der Waals surface area contributed by atoms with Gasteiger partial charge in [-0.05, 0) is 24.0 Å². The van der Waals surface area contributed by atoms with Crippen molar-refractivity contribution in [3.05, 3.63) is 29.8 Å². The maximum absolute atomic E-state index is 10.5. The van der Waals surface area contributed by atoms with Crippen molar-refractivity contribution in [2.75, 3.05) is 6.26 Å². The lowest BCUT2D eigenvalue weighted by atomic mass is 10.0. The number of aliphatic carboxylic acids is 1. The normalized spacial score (nSPS) is 13.7. The molecule has 1 aromatic rings. The summed E-state index contributed by atoms with van der Waals surface area (Å²) in [4.78, 5) is 11.6. The number of carboxylic acid groups (broad SMARTS) is 1. The molecule has 0 aliphatic carbocycles. The zero-order chi connectivity index (χ0) is 11.4. The summed E-state index contributed by atoms with van der Waals surface area (Å²) >= 11 is 1.57. The van der Waals surface area contributed by atoms with Gasteiger partial charge in [-0.15, -0.1) is 24.2 Å². The summed E-state index contributed by atoms with van der Waals surface area (Å²) in [6.07, 6.45) is 0.771. The number of aliphatic hydroxyl groups excluding tert-OH is 1. The van der Waals surface area contributed by atoms with Crippen molar-refractivity contribution in [2.24, 2.45) is 5.73 Å². The number of thioether (sulfide) groups is 1. The highest BCUT2D eigenvalue weighted by Crippen LogP contribution is 2.20. The van der Waals surface area contributed by atoms with Crippen LogP contribution in [0.1, 0.15) is 11.7 Å². The highest BCUT2D eigenvalue weighted by molar-refractivity contribution is 7.98. The molecule has 4 N–H and O–H groups in total. The van der Waals surface area contributed by atoms with Crippen LogP contribution in [0.3, 0.4) is 0 Å². The van der Waals surface area contributed by atoms with Crippen LogP contribution >= 0.6 is 24.2 Å². The summed E-state index contributed by atoms with van der Waals surface area (Å²) in [5.74, 6) is -1.21. The molecule has 0 aromatic heterocycles. The van der Waals surface area contributed by atoms with E-state index in [4.69, 9.17) is 10.8 Å². The molecule has 0 saturated heterocycles. The molecule has 0 aliphatic rings. The number of carbonyl (C=O) groups is 1. The molecule has 0 spiro atoms. The molecule has 0 bridgehead atoms. The summed E-state index contributed by atoms with van der Waals surface area (Å²) in [6, 6.07) is 5.71. The van der Waals surface area contributed by atoms with Gasteiger partial charge < -0.3 is 15.9 Å². The molecule has 0 amide bonds. The van der Waals surface area contributed by atoms with E-state index >= 15 is 0 Å². The second-order valence-electron chi connectivity index (χ2n) is 3.08. The predicted molar refractivity (Wildman–Crippen MR) is 66.0 cm³/mol. The molecule has 0 fully saturated rings. The second-order valence-corrected chi connectivity index (χ2v) is 3.96. The van der Waals surface area contributed by atoms with E-state index in [1.165, 1.54) is 0 Å². The van der Waals surface area contributed by atoms with Gasteiger partial charge in [0.2, 0.25) is 0 Å². The second kappa shape index (κ2) is 6.75. The van der Waals surface area contributed by atoms with Crippen LogP contribution in [0, 0.1) is 0 Å². The van der Waals surface area contributed by atoms with E-state index in [-0.39, 0.29) is 12.4 Å². The number of carboxylic acids is 1. The number of aliphatic hydroxyl groups is 1. The van der Waals surface area contributed by atoms with Gasteiger partial charge in [0.15, 0.2) is 0 Å². The van der Waals surface area contributed by atoms with Gasteiger partial charge in [-0.25, -0.2) is 0 Å². The summed E-state index contributed by atoms with van der Waals surface area (Å²) in [7, 11) is 0. The first-order valence-electron chi connectivity index (χ1n) is 4.36. The van der Waals surface area contributed by atoms with Crippen molar-refractivity contribution < 1.29 is 15.0 Å². The number of nitrogens with two attached hydrogens (primary N) is 1. The third kappa shape index (κ3) is 3.68. The van der Waals surface area contributed by atoms with Crippen molar-refractivity contribution >= 4 is 30.1 Å². The molecule has 0 radical (unpaired) electrons. The van der Waals surface area contributed by atoms with E-state index in [1.54, 1.807) is 23.9 Å². The minimum atomic E-state index is -1.29. The lowest BCUT2D eigenvalue weighted by molar-refractivity contribution is -0.141. The van der Waals surface area contributed by atoms with Crippen LogP contribution in [0.25, 0.3) is 0 Å². The Morgan fingerprint density at radius 2 is 1.88 bits per heavy atom. The van der Waals surface area contributed by atoms with Crippen LogP contribution in [0.4, 0.5) is 0 Å². The summed E-state index contributed by atoms with van der Waals surface area (Å²) in [6.45, 7) is 0. The van der Waals surface area contributed by atoms with Gasteiger partial charge in [-0.2, -0.15) is 0 Å². The molecular weight excluding hydrogens is 250 g/mol. The lowest BCUT2D eigenvalue weighted by Gasteiger charge is -2.15. The lowest BCUT2D eigenvalue weighted by Crippen LogP contribution is -2.36. The Balaban J connectivity index is 0.00000225. The minimum absolute atomic E-state index is 0. The van der Waals surface area contributed by atoms with Crippen molar-refractivity contribution in [3.63, 3.8) is 0 Å². The van der Waals surface area contributed by atoms with Gasteiger partial charge in [-0.3, -0.25) is 4.79 Å². The molecule has 1 aromatic carbocycles. The monoisotopic (exact) mass is 263 g/mol. The Kier molecular flexibility index (Phi) is 6.43. The van der Waals surface area contributed by atoms with Gasteiger partial charge in [0.25, 0.3) is 0 Å². The van der Waals surface area contributed by atoms with Crippen LogP contribution < -0.4 is 5.73 Å². The first-order chi connectivity index (χ1) is 7.06. The first kappa shape index (κ1) is 15.2. The average molecular weight is 264 g/mol. The fourth-order valence-electron chi connectivity index (χ4n) is 1.14. The minimum Gasteiger partial charge on any atom is -0.480 e. The molecule has 16 heavy (non-hydrogen) atoms. The zero-order valence-corrected chi connectivity index (χ0v) is 10.3. The molecule has 1 rings (SSSR count). The summed E-state index contributed by atoms with van der Waals surface area (Å²) in [5.41, 5.74) is 5.82. The SMILES string of the molecule is CSc1ccc([C@H](O)[C@@H](N)C(=O)O)cc1.Cl. The highest BCUT2D eigenvalue weighted by Gasteiger charge is 2.23. The number of halogens is 1. The molecule has 0 aliphatic heterocycles. The number of hydrogen-bond donors (Lipinski definition) is 3. The van der Waals surface area contributed by atoms with Crippen molar-refractivity contribution in [1.29, 1.82) is 0 Å². The first-order valence-corrected chi connectivity index (χ1v) is 5.59. The van der Waals surface area contributed by atoms with Gasteiger partial charge >= 0.3 is 5.97 Å². The van der Waals surface area contributed by atoms with Gasteiger partial charge in [0, 0.05) is 4.90 Å². The maximum atomic E-state index is 10.5. The Labute approximate surface area is 104 Å². The standard InChI is InChI=1S/C10H13NO3S.ClH/c1-15-7-4-2-6(3-5-7)9(12)8(11)10(13)14;/h2-5,8-9,12H,11H2,1H3,(H,13,14);1H/t8-,9+;/m1./s1. The van der Waals surface area contributed by atoms with Crippen LogP contribution in [0.2, 0.25) is 0 Å². The predicted octanol–water partition coefficient (Wildman–Crippen LogP) is 1.28. The van der Waals surface area contributed by atoms with Crippen LogP contribution in [0.5, 0.6) is 0 Å². The molecule has 0 heterocycles. The topological polar surface area (TPSA) is 83.5 Å². The zero-order valence-electron chi connectivity index (χ0n) is 8.66. The molecule has 2 atom stereocenters. The average Bonchev–Trinajstić information content (AvgIpc) is 2.27. The molecule has 4 nitrogen and oxygen atoms in total. The Morgan fingerprint density at radius 1 is 1.38 bits per heavy atom. The van der Waals surface area contributed by atoms with Crippen molar-refractivity contribution in [2.45, 2.75) is 17.0 Å². The van der Waals surface area contributed by atoms with Crippen LogP contribution in [-0.2, 0) is 4.79 Å². The quantitative estimate of drug-likeness (QED) is 0.713. The Morgan fingerprint density at radius 3 is 2.25 bits per heavy atom. The summed E-state index contributed by atoms with van der Waals surface area (Å²) < 4.78 is 0. The maximum Gasteiger partial charge on any atom is 0.323 e. The van der Waals surface area contributed by atoms with E-state index in [2.05, 4.69) is 0 Å². The van der Waals surface area contributed by atoms with E-state index in [1.807, 2.05) is 18.4 Å². The van der Waals surface area contributed by atoms with Gasteiger partial charge in [0.1, 0.15) is 12.1 Å². The fraction of sp³-hybridized carbons (Fsp3) is 0.300. The van der Waals surface area contributed by atoms with E-state index in [0.717, 1.165) is 4.90 Å². The number of benzene rings is 1. The third-order valence-electron chi connectivity index (χ3n) is 2.08. The van der Waals surface area contributed by atoms with Crippen molar-refractivity contribution in [1.82, 2.24) is 0 Å². The molecule has 6 heteroatoms.